The van der Waals surface area contributed by atoms with Gasteiger partial charge in [0.05, 0.1) is 0 Å². The van der Waals surface area contributed by atoms with Crippen molar-refractivity contribution in [1.29, 1.82) is 0 Å². The van der Waals surface area contributed by atoms with Crippen LogP contribution in [-0.2, 0) is 13.4 Å². The summed E-state index contributed by atoms with van der Waals surface area (Å²) in [4.78, 5) is 24.0. The zero-order chi connectivity index (χ0) is 24.8. The van der Waals surface area contributed by atoms with E-state index < -0.39 is 14.5 Å². The number of unbranched alkanes of at least 4 members (excludes halogenated alkanes) is 1. The number of nitrogens with two attached hydrogens (primary N) is 2. The molecule has 0 heterocycles. The van der Waals surface area contributed by atoms with E-state index in [-0.39, 0.29) is 69.9 Å². The topological polar surface area (TPSA) is 149 Å². The van der Waals surface area contributed by atoms with E-state index >= 15 is 0 Å². The molecule has 0 bridgehead atoms. The molecular formula is C25H42N2Na2O5Se. The molecule has 0 spiro atoms. The summed E-state index contributed by atoms with van der Waals surface area (Å²) in [5, 5.41) is 0. The van der Waals surface area contributed by atoms with Crippen molar-refractivity contribution in [2.24, 2.45) is 46.0 Å². The fraction of sp³-hybridized carbons (Fsp3) is 0.840. The molecule has 3 saturated carbocycles. The molecule has 0 saturated heterocycles. The van der Waals surface area contributed by atoms with Crippen LogP contribution in [0.25, 0.3) is 0 Å². The van der Waals surface area contributed by atoms with Gasteiger partial charge in [0.2, 0.25) is 0 Å². The summed E-state index contributed by atoms with van der Waals surface area (Å²) >= 11 is -3.79. The summed E-state index contributed by atoms with van der Waals surface area (Å²) in [5.74, 6) is 3.29. The van der Waals surface area contributed by atoms with Gasteiger partial charge < -0.3 is 11.5 Å². The molecule has 10 heteroatoms. The van der Waals surface area contributed by atoms with Crippen molar-refractivity contribution in [3.8, 4) is 0 Å². The minimum Gasteiger partial charge on any atom is 1.00 e. The predicted octanol–water partition coefficient (Wildman–Crippen LogP) is -4.46. The van der Waals surface area contributed by atoms with Crippen molar-refractivity contribution in [3.63, 3.8) is 0 Å². The number of hydrogen-bond donors (Lipinski definition) is 2. The molecule has 0 aromatic heterocycles. The Morgan fingerprint density at radius 3 is 2.09 bits per heavy atom. The van der Waals surface area contributed by atoms with Crippen molar-refractivity contribution in [2.75, 3.05) is 13.1 Å². The number of carbonyl (C=O) groups excluding carboxylic acids is 2. The van der Waals surface area contributed by atoms with E-state index in [0.717, 1.165) is 69.4 Å². The molecule has 3 fully saturated rings. The molecule has 35 heavy (non-hydrogen) atoms. The van der Waals surface area contributed by atoms with E-state index in [0.29, 0.717) is 17.5 Å². The summed E-state index contributed by atoms with van der Waals surface area (Å²) in [6, 6.07) is 0. The molecule has 4 aliphatic rings. The first kappa shape index (κ1) is 36.2. The number of ketones is 2. The molecule has 4 N–H and O–H groups in total. The maximum absolute atomic E-state index is 12.1. The van der Waals surface area contributed by atoms with E-state index in [9.17, 15) is 9.59 Å². The third kappa shape index (κ3) is 8.87. The molecule has 0 unspecified atom stereocenters. The van der Waals surface area contributed by atoms with Crippen LogP contribution in [0, 0.1) is 34.5 Å². The second-order valence-corrected chi connectivity index (χ2v) is 11.6. The van der Waals surface area contributed by atoms with Gasteiger partial charge in [-0.25, -0.2) is 0 Å². The Morgan fingerprint density at radius 1 is 1.00 bits per heavy atom. The van der Waals surface area contributed by atoms with Gasteiger partial charge in [-0.1, -0.05) is 19.4 Å². The fourth-order valence-corrected chi connectivity index (χ4v) is 7.52. The second kappa shape index (κ2) is 16.4. The molecule has 190 valence electrons. The van der Waals surface area contributed by atoms with Gasteiger partial charge in [0.1, 0.15) is 5.78 Å². The molecule has 7 nitrogen and oxygen atoms in total. The average Bonchev–Trinajstić information content (AvgIpc) is 3.10. The number of fused-ring (bicyclic) bond motifs is 5. The average molecular weight is 576 g/mol. The summed E-state index contributed by atoms with van der Waals surface area (Å²) in [5.41, 5.74) is 12.3. The van der Waals surface area contributed by atoms with E-state index in [4.69, 9.17) is 23.7 Å². The minimum absolute atomic E-state index is 0. The Kier molecular flexibility index (Phi) is 16.9. The number of allylic oxidation sites excluding steroid dienone is 1. The molecule has 4 rings (SSSR count). The Labute approximate surface area is 260 Å². The van der Waals surface area contributed by atoms with Crippen LogP contribution in [-0.4, -0.2) is 39.1 Å². The summed E-state index contributed by atoms with van der Waals surface area (Å²) in [7, 11) is 0. The Hall–Kier alpha value is 1.24. The van der Waals surface area contributed by atoms with Gasteiger partial charge in [0.15, 0.2) is 5.78 Å². The first-order valence-electron chi connectivity index (χ1n) is 12.4. The SMILES string of the molecule is CC(=O)[C@H]1CC[C@H]2[C@@H]3CCC4=CC(=O)CC[C@]4(C)[C@H]3CC[C@]12C.NCCCCN.O=[Se]([O-])[O-].[Na+].[Na+]. The van der Waals surface area contributed by atoms with Crippen LogP contribution in [0.4, 0.5) is 0 Å². The van der Waals surface area contributed by atoms with Gasteiger partial charge in [0.25, 0.3) is 0 Å². The third-order valence-corrected chi connectivity index (χ3v) is 9.11. The van der Waals surface area contributed by atoms with Crippen LogP contribution in [0.15, 0.2) is 11.6 Å². The minimum atomic E-state index is -3.79. The van der Waals surface area contributed by atoms with Crippen molar-refractivity contribution >= 4 is 26.1 Å². The van der Waals surface area contributed by atoms with Crippen LogP contribution < -0.4 is 79.0 Å². The van der Waals surface area contributed by atoms with Crippen molar-refractivity contribution in [3.05, 3.63) is 11.6 Å². The maximum atomic E-state index is 12.1. The van der Waals surface area contributed by atoms with E-state index in [1.165, 1.54) is 31.3 Å². The number of Topliss-reactive ketones (excluding diaryl/α,β-unsaturated/α-hetero) is 1. The molecule has 0 aliphatic heterocycles. The van der Waals surface area contributed by atoms with E-state index in [1.807, 2.05) is 6.08 Å². The third-order valence-electron chi connectivity index (χ3n) is 9.11. The van der Waals surface area contributed by atoms with Crippen LogP contribution in [0.2, 0.25) is 0 Å². The Morgan fingerprint density at radius 2 is 1.57 bits per heavy atom. The Balaban J connectivity index is 0.000000828. The van der Waals surface area contributed by atoms with Crippen molar-refractivity contribution in [2.45, 2.75) is 85.0 Å². The summed E-state index contributed by atoms with van der Waals surface area (Å²) in [6.45, 7) is 8.20. The van der Waals surface area contributed by atoms with Gasteiger partial charge in [-0.3, -0.25) is 9.59 Å². The normalized spacial score (nSPS) is 34.7. The quantitative estimate of drug-likeness (QED) is 0.254. The second-order valence-electron chi connectivity index (χ2n) is 10.7. The predicted molar refractivity (Wildman–Crippen MR) is 125 cm³/mol. The van der Waals surface area contributed by atoms with Gasteiger partial charge in [0, 0.05) is 12.3 Å². The van der Waals surface area contributed by atoms with Crippen molar-refractivity contribution < 1.29 is 80.9 Å². The van der Waals surface area contributed by atoms with E-state index in [2.05, 4.69) is 13.8 Å². The smallest absolute Gasteiger partial charge is 1.00 e. The largest absolute Gasteiger partial charge is 1.00 e. The fourth-order valence-electron chi connectivity index (χ4n) is 7.52. The number of hydrogen-bond acceptors (Lipinski definition) is 7. The molecule has 6 atom stereocenters. The molecule has 0 amide bonds. The molecule has 4 aliphatic carbocycles. The molecule has 0 aromatic rings. The standard InChI is InChI=1S/C21H30O2.C4H12N2.2Na.H2O3Se/c1-13(22)17-6-7-18-16-5-4-14-12-15(23)8-10-20(14,2)19(16)9-11-21(17,18)3;5-3-1-2-4-6;;;1-4(2)3/h12,16-19H,4-11H2,1-3H3;1-6H2;;;(H2,1,2,3)/q;;2*+1;/p-2/t16-,17+,18-,19-,20-,21+;;;;/m0..../s1. The van der Waals surface area contributed by atoms with E-state index in [1.54, 1.807) is 6.92 Å². The first-order valence-corrected chi connectivity index (χ1v) is 14.5. The molecule has 0 aromatic carbocycles. The van der Waals surface area contributed by atoms with Gasteiger partial charge in [-0.2, -0.15) is 0 Å². The van der Waals surface area contributed by atoms with Crippen molar-refractivity contribution in [1.82, 2.24) is 0 Å². The monoisotopic (exact) mass is 576 g/mol. The van der Waals surface area contributed by atoms with Gasteiger partial charge >= 0.3 is 85.8 Å². The summed E-state index contributed by atoms with van der Waals surface area (Å²) in [6.07, 6.45) is 13.1. The van der Waals surface area contributed by atoms with Crippen LogP contribution >= 0.6 is 0 Å². The zero-order valence-corrected chi connectivity index (χ0v) is 28.2. The number of rotatable bonds is 4. The zero-order valence-electron chi connectivity index (χ0n) is 22.5. The van der Waals surface area contributed by atoms with Gasteiger partial charge in [-0.05, 0) is 112 Å². The van der Waals surface area contributed by atoms with Crippen LogP contribution in [0.5, 0.6) is 0 Å². The first-order chi connectivity index (χ1) is 15.5. The Bertz CT molecular complexity index is 760. The summed E-state index contributed by atoms with van der Waals surface area (Å²) < 4.78 is 25.6. The van der Waals surface area contributed by atoms with Crippen LogP contribution in [0.3, 0.4) is 0 Å². The van der Waals surface area contributed by atoms with Crippen LogP contribution in [0.1, 0.15) is 85.0 Å². The molecule has 0 radical (unpaired) electrons. The number of carbonyl (C=O) groups is 2. The molecular weight excluding hydrogens is 533 g/mol. The maximum Gasteiger partial charge on any atom is 1.00 e. The van der Waals surface area contributed by atoms with Gasteiger partial charge in [-0.15, -0.1) is 0 Å².